The summed E-state index contributed by atoms with van der Waals surface area (Å²) in [7, 11) is -3.73. The summed E-state index contributed by atoms with van der Waals surface area (Å²) in [6.45, 7) is 1.41. The van der Waals surface area contributed by atoms with Gasteiger partial charge in [-0.25, -0.2) is 13.4 Å². The lowest BCUT2D eigenvalue weighted by atomic mass is 10.1. The number of aliphatic hydroxyl groups is 1. The van der Waals surface area contributed by atoms with Crippen LogP contribution in [0.5, 0.6) is 0 Å². The summed E-state index contributed by atoms with van der Waals surface area (Å²) in [5.41, 5.74) is 1.70. The Balaban J connectivity index is 0.00000320. The quantitative estimate of drug-likeness (QED) is 0.366. The largest absolute Gasteiger partial charge is 0.394 e. The van der Waals surface area contributed by atoms with Crippen LogP contribution in [0.2, 0.25) is 5.02 Å². The fraction of sp³-hybridized carbons (Fsp3) is 0.250. The Hall–Kier alpha value is -3.12. The molecule has 0 radical (unpaired) electrons. The summed E-state index contributed by atoms with van der Waals surface area (Å²) in [5.74, 6) is -0.0825. The standard InChI is InChI=1S/C24H24ClN5O4S2.H2/c25-18-2-1-17-7-9-29(22(17)13-18)15-23(32)30-11-10-28(14-20(30)16-31)19-3-5-21(6-4-19)36(33,34)27-24-26-8-12-35-24;/h1-9,12-13,20,31H,10-11,14-16H2,(H,26,27);1H/t20-;/m0./s1. The predicted octanol–water partition coefficient (Wildman–Crippen LogP) is 3.51. The molecule has 1 saturated heterocycles. The highest BCUT2D eigenvalue weighted by molar-refractivity contribution is 7.93. The molecular formula is C24H26ClN5O4S2. The Labute approximate surface area is 219 Å². The smallest absolute Gasteiger partial charge is 0.263 e. The Morgan fingerprint density at radius 1 is 1.19 bits per heavy atom. The number of nitrogens with one attached hydrogen (secondary N) is 1. The molecule has 36 heavy (non-hydrogen) atoms. The van der Waals surface area contributed by atoms with Gasteiger partial charge in [-0.05, 0) is 47.9 Å². The monoisotopic (exact) mass is 547 g/mol. The first-order valence-electron chi connectivity index (χ1n) is 11.3. The van der Waals surface area contributed by atoms with E-state index in [1.165, 1.54) is 17.5 Å². The van der Waals surface area contributed by atoms with Crippen LogP contribution in [-0.4, -0.2) is 66.2 Å². The normalized spacial score (nSPS) is 16.4. The van der Waals surface area contributed by atoms with Crippen molar-refractivity contribution in [2.75, 3.05) is 35.9 Å². The molecular weight excluding hydrogens is 522 g/mol. The molecule has 0 saturated carbocycles. The summed E-state index contributed by atoms with van der Waals surface area (Å²) in [6, 6.07) is 13.7. The van der Waals surface area contributed by atoms with E-state index >= 15 is 0 Å². The minimum Gasteiger partial charge on any atom is -0.394 e. The third-order valence-electron chi connectivity index (χ3n) is 6.22. The highest BCUT2D eigenvalue weighted by Crippen LogP contribution is 2.25. The first kappa shape index (κ1) is 24.6. The van der Waals surface area contributed by atoms with E-state index in [-0.39, 0.29) is 31.4 Å². The number of thiazole rings is 1. The highest BCUT2D eigenvalue weighted by Gasteiger charge is 2.30. The van der Waals surface area contributed by atoms with Crippen molar-refractivity contribution in [2.24, 2.45) is 0 Å². The van der Waals surface area contributed by atoms with E-state index < -0.39 is 10.0 Å². The topological polar surface area (TPSA) is 108 Å². The third-order valence-corrected chi connectivity index (χ3v) is 8.63. The van der Waals surface area contributed by atoms with Crippen molar-refractivity contribution in [1.29, 1.82) is 0 Å². The van der Waals surface area contributed by atoms with E-state index in [9.17, 15) is 18.3 Å². The molecule has 12 heteroatoms. The van der Waals surface area contributed by atoms with E-state index in [4.69, 9.17) is 11.6 Å². The number of hydrogen-bond donors (Lipinski definition) is 2. The van der Waals surface area contributed by atoms with Gasteiger partial charge >= 0.3 is 0 Å². The molecule has 9 nitrogen and oxygen atoms in total. The van der Waals surface area contributed by atoms with Crippen molar-refractivity contribution in [1.82, 2.24) is 14.5 Å². The van der Waals surface area contributed by atoms with Crippen molar-refractivity contribution in [2.45, 2.75) is 17.5 Å². The van der Waals surface area contributed by atoms with Crippen LogP contribution < -0.4 is 9.62 Å². The second-order valence-electron chi connectivity index (χ2n) is 8.45. The van der Waals surface area contributed by atoms with Gasteiger partial charge in [0.1, 0.15) is 6.54 Å². The number of aliphatic hydroxyl groups excluding tert-OH is 1. The van der Waals surface area contributed by atoms with Crippen LogP contribution in [-0.2, 0) is 21.4 Å². The van der Waals surface area contributed by atoms with Crippen LogP contribution >= 0.6 is 22.9 Å². The van der Waals surface area contributed by atoms with Crippen molar-refractivity contribution >= 4 is 60.6 Å². The maximum Gasteiger partial charge on any atom is 0.263 e. The van der Waals surface area contributed by atoms with Gasteiger partial charge in [-0.3, -0.25) is 9.52 Å². The molecule has 1 aliphatic rings. The summed E-state index contributed by atoms with van der Waals surface area (Å²) in [5, 5.41) is 13.7. The molecule has 1 atom stereocenters. The molecule has 0 unspecified atom stereocenters. The molecule has 1 fully saturated rings. The third kappa shape index (κ3) is 5.05. The van der Waals surface area contributed by atoms with Gasteiger partial charge < -0.3 is 19.5 Å². The minimum atomic E-state index is -3.73. The summed E-state index contributed by atoms with van der Waals surface area (Å²) >= 11 is 7.34. The molecule has 1 amide bonds. The van der Waals surface area contributed by atoms with E-state index in [1.807, 2.05) is 39.9 Å². The minimum absolute atomic E-state index is 0. The van der Waals surface area contributed by atoms with E-state index in [0.29, 0.717) is 29.8 Å². The molecule has 5 rings (SSSR count). The molecule has 0 bridgehead atoms. The second kappa shape index (κ2) is 10.1. The predicted molar refractivity (Wildman–Crippen MR) is 143 cm³/mol. The lowest BCUT2D eigenvalue weighted by Crippen LogP contribution is -2.57. The molecule has 4 aromatic rings. The van der Waals surface area contributed by atoms with Crippen LogP contribution in [0.1, 0.15) is 1.43 Å². The Morgan fingerprint density at radius 2 is 2.00 bits per heavy atom. The van der Waals surface area contributed by atoms with Gasteiger partial charge in [-0.1, -0.05) is 17.7 Å². The zero-order valence-corrected chi connectivity index (χ0v) is 21.5. The van der Waals surface area contributed by atoms with Crippen molar-refractivity contribution in [3.05, 3.63) is 71.3 Å². The average molecular weight is 548 g/mol. The van der Waals surface area contributed by atoms with Gasteiger partial charge in [0.05, 0.1) is 17.5 Å². The maximum atomic E-state index is 13.2. The number of rotatable bonds is 7. The molecule has 190 valence electrons. The number of hydrogen-bond acceptors (Lipinski definition) is 7. The number of anilines is 2. The lowest BCUT2D eigenvalue weighted by molar-refractivity contribution is -0.135. The lowest BCUT2D eigenvalue weighted by Gasteiger charge is -2.42. The zero-order chi connectivity index (χ0) is 25.3. The van der Waals surface area contributed by atoms with Crippen LogP contribution in [0.25, 0.3) is 10.9 Å². The maximum absolute atomic E-state index is 13.2. The molecule has 3 heterocycles. The zero-order valence-electron chi connectivity index (χ0n) is 19.1. The van der Waals surface area contributed by atoms with Gasteiger partial charge in [-0.2, -0.15) is 0 Å². The fourth-order valence-electron chi connectivity index (χ4n) is 4.39. The van der Waals surface area contributed by atoms with Crippen molar-refractivity contribution < 1.29 is 19.7 Å². The second-order valence-corrected chi connectivity index (χ2v) is 11.5. The van der Waals surface area contributed by atoms with Crippen LogP contribution in [0, 0.1) is 0 Å². The van der Waals surface area contributed by atoms with Crippen LogP contribution in [0.4, 0.5) is 10.8 Å². The van der Waals surface area contributed by atoms with E-state index in [1.54, 1.807) is 34.5 Å². The molecule has 2 N–H and O–H groups in total. The number of benzene rings is 2. The Morgan fingerprint density at radius 3 is 2.72 bits per heavy atom. The van der Waals surface area contributed by atoms with E-state index in [0.717, 1.165) is 16.6 Å². The van der Waals surface area contributed by atoms with Crippen LogP contribution in [0.3, 0.4) is 0 Å². The number of carbonyl (C=O) groups is 1. The number of nitrogens with zero attached hydrogens (tertiary/aromatic N) is 4. The number of halogens is 1. The van der Waals surface area contributed by atoms with Gasteiger partial charge in [0.2, 0.25) is 5.91 Å². The average Bonchev–Trinajstić information content (AvgIpc) is 3.53. The fourth-order valence-corrected chi connectivity index (χ4v) is 6.34. The van der Waals surface area contributed by atoms with Gasteiger partial charge in [-0.15, -0.1) is 11.3 Å². The number of sulfonamides is 1. The SMILES string of the molecule is O=C(Cn1ccc2ccc(Cl)cc21)N1CCN(c2ccc(S(=O)(=O)Nc3nccs3)cc2)C[C@H]1CO.[HH]. The summed E-state index contributed by atoms with van der Waals surface area (Å²) in [4.78, 5) is 21.0. The van der Waals surface area contributed by atoms with E-state index in [2.05, 4.69) is 9.71 Å². The number of aromatic nitrogens is 2. The molecule has 0 spiro atoms. The van der Waals surface area contributed by atoms with Gasteiger partial charge in [0, 0.05) is 55.1 Å². The summed E-state index contributed by atoms with van der Waals surface area (Å²) in [6.07, 6.45) is 3.39. The number of amides is 1. The molecule has 2 aromatic carbocycles. The van der Waals surface area contributed by atoms with Gasteiger partial charge in [0.25, 0.3) is 10.0 Å². The Kier molecular flexibility index (Phi) is 6.89. The first-order valence-corrected chi connectivity index (χ1v) is 14.0. The molecule has 0 aliphatic carbocycles. The number of piperazine rings is 1. The Bertz CT molecular complexity index is 1480. The van der Waals surface area contributed by atoms with Crippen molar-refractivity contribution in [3.63, 3.8) is 0 Å². The highest BCUT2D eigenvalue weighted by atomic mass is 35.5. The first-order chi connectivity index (χ1) is 17.3. The molecule has 1 aliphatic heterocycles. The van der Waals surface area contributed by atoms with Gasteiger partial charge in [0.15, 0.2) is 5.13 Å². The molecule has 2 aromatic heterocycles. The number of fused-ring (bicyclic) bond motifs is 1. The van der Waals surface area contributed by atoms with Crippen LogP contribution in [0.15, 0.2) is 71.2 Å². The summed E-state index contributed by atoms with van der Waals surface area (Å²) < 4.78 is 29.5. The number of carbonyl (C=O) groups excluding carboxylic acids is 1. The van der Waals surface area contributed by atoms with Crippen molar-refractivity contribution in [3.8, 4) is 0 Å².